The van der Waals surface area contributed by atoms with E-state index in [4.69, 9.17) is 26.1 Å². The Morgan fingerprint density at radius 3 is 2.67 bits per heavy atom. The van der Waals surface area contributed by atoms with E-state index in [-0.39, 0.29) is 17.5 Å². The van der Waals surface area contributed by atoms with E-state index in [1.807, 2.05) is 6.92 Å². The van der Waals surface area contributed by atoms with Gasteiger partial charge in [-0.05, 0) is 86.7 Å². The number of benzene rings is 3. The lowest BCUT2D eigenvalue weighted by atomic mass is 9.86. The van der Waals surface area contributed by atoms with Crippen LogP contribution in [-0.4, -0.2) is 51.3 Å². The number of aromatic carboxylic acids is 1. The second kappa shape index (κ2) is 10.7. The maximum absolute atomic E-state index is 14.9. The first kappa shape index (κ1) is 27.4. The highest BCUT2D eigenvalue weighted by atomic mass is 35.5. The predicted molar refractivity (Wildman–Crippen MR) is 158 cm³/mol. The van der Waals surface area contributed by atoms with Gasteiger partial charge in [-0.1, -0.05) is 35.9 Å². The normalized spacial score (nSPS) is 22.6. The van der Waals surface area contributed by atoms with Gasteiger partial charge in [0.2, 0.25) is 0 Å². The first-order valence-corrected chi connectivity index (χ1v) is 15.0. The lowest BCUT2D eigenvalue weighted by Crippen LogP contribution is -2.35. The lowest BCUT2D eigenvalue weighted by molar-refractivity contribution is -0.0592. The number of likely N-dealkylation sites (tertiary alicyclic amines) is 1. The number of rotatable bonds is 7. The minimum Gasteiger partial charge on any atom is -0.482 e. The Morgan fingerprint density at radius 2 is 1.95 bits per heavy atom. The summed E-state index contributed by atoms with van der Waals surface area (Å²) in [4.78, 5) is 19.0. The van der Waals surface area contributed by atoms with Crippen molar-refractivity contribution in [3.63, 3.8) is 0 Å². The number of carboxylic acids is 1. The zero-order chi connectivity index (χ0) is 29.0. The molecule has 0 amide bonds. The van der Waals surface area contributed by atoms with Gasteiger partial charge in [0.1, 0.15) is 23.0 Å². The van der Waals surface area contributed by atoms with E-state index in [0.29, 0.717) is 36.0 Å². The molecule has 0 aliphatic carbocycles. The number of halogens is 2. The number of imidazole rings is 1. The summed E-state index contributed by atoms with van der Waals surface area (Å²) in [6.07, 6.45) is 3.68. The fourth-order valence-electron chi connectivity index (χ4n) is 6.75. The fourth-order valence-corrected chi connectivity index (χ4v) is 6.91. The molecule has 9 heteroatoms. The van der Waals surface area contributed by atoms with Crippen LogP contribution < -0.4 is 4.74 Å². The van der Waals surface area contributed by atoms with E-state index < -0.39 is 11.6 Å². The molecule has 1 aromatic heterocycles. The largest absolute Gasteiger partial charge is 0.482 e. The number of ether oxygens (including phenoxy) is 2. The monoisotopic (exact) mass is 589 g/mol. The van der Waals surface area contributed by atoms with Crippen molar-refractivity contribution in [1.82, 2.24) is 14.5 Å². The van der Waals surface area contributed by atoms with Crippen molar-refractivity contribution < 1.29 is 23.8 Å². The van der Waals surface area contributed by atoms with E-state index in [1.54, 1.807) is 30.3 Å². The van der Waals surface area contributed by atoms with Gasteiger partial charge in [-0.25, -0.2) is 14.2 Å². The van der Waals surface area contributed by atoms with E-state index in [2.05, 4.69) is 27.7 Å². The van der Waals surface area contributed by atoms with Crippen LogP contribution in [0.2, 0.25) is 5.02 Å². The van der Waals surface area contributed by atoms with Crippen molar-refractivity contribution in [1.29, 1.82) is 0 Å². The molecule has 0 spiro atoms. The zero-order valence-electron chi connectivity index (χ0n) is 23.5. The molecule has 7 nitrogen and oxygen atoms in total. The summed E-state index contributed by atoms with van der Waals surface area (Å²) < 4.78 is 29.3. The molecule has 3 aliphatic rings. The van der Waals surface area contributed by atoms with Gasteiger partial charge in [0, 0.05) is 23.6 Å². The molecule has 42 heavy (non-hydrogen) atoms. The maximum Gasteiger partial charge on any atom is 0.335 e. The summed E-state index contributed by atoms with van der Waals surface area (Å²) >= 11 is 6.01. The van der Waals surface area contributed by atoms with Crippen LogP contribution in [0.15, 0.2) is 54.6 Å². The molecule has 4 aromatic rings. The van der Waals surface area contributed by atoms with Gasteiger partial charge in [0.25, 0.3) is 0 Å². The SMILES string of the molecule is CC1(c2ccc(Cl)cc2F)Cc2cccc(C3CCN(Cc4nc5ccc(C(=O)O)cc5n4C[C@@H]4CCO4)CC3)c2O1. The summed E-state index contributed by atoms with van der Waals surface area (Å²) in [5, 5.41) is 9.91. The Bertz CT molecular complexity index is 1680. The molecule has 0 bridgehead atoms. The van der Waals surface area contributed by atoms with E-state index in [0.717, 1.165) is 67.1 Å². The van der Waals surface area contributed by atoms with Crippen LogP contribution in [0.4, 0.5) is 4.39 Å². The Kier molecular flexibility index (Phi) is 6.95. The zero-order valence-corrected chi connectivity index (χ0v) is 24.2. The minimum absolute atomic E-state index is 0.132. The Morgan fingerprint density at radius 1 is 1.14 bits per heavy atom. The smallest absolute Gasteiger partial charge is 0.335 e. The molecule has 2 atom stereocenters. The van der Waals surface area contributed by atoms with Gasteiger partial charge in [0.15, 0.2) is 0 Å². The highest BCUT2D eigenvalue weighted by molar-refractivity contribution is 6.30. The second-order valence-electron chi connectivity index (χ2n) is 11.9. The molecule has 0 saturated carbocycles. The van der Waals surface area contributed by atoms with Crippen molar-refractivity contribution in [3.05, 3.63) is 93.5 Å². The van der Waals surface area contributed by atoms with Crippen LogP contribution in [0.3, 0.4) is 0 Å². The van der Waals surface area contributed by atoms with Crippen molar-refractivity contribution in [2.75, 3.05) is 19.7 Å². The number of carbonyl (C=O) groups is 1. The highest BCUT2D eigenvalue weighted by Gasteiger charge is 2.40. The van der Waals surface area contributed by atoms with Crippen molar-refractivity contribution >= 4 is 28.6 Å². The number of para-hydroxylation sites is 1. The van der Waals surface area contributed by atoms with E-state index in [1.165, 1.54) is 11.6 Å². The summed E-state index contributed by atoms with van der Waals surface area (Å²) in [6, 6.07) is 16.3. The second-order valence-corrected chi connectivity index (χ2v) is 12.4. The summed E-state index contributed by atoms with van der Waals surface area (Å²) in [7, 11) is 0. The van der Waals surface area contributed by atoms with Gasteiger partial charge < -0.3 is 19.1 Å². The summed E-state index contributed by atoms with van der Waals surface area (Å²) in [6.45, 7) is 5.88. The fraction of sp³-hybridized carbons (Fsp3) is 0.394. The third-order valence-electron chi connectivity index (χ3n) is 9.13. The van der Waals surface area contributed by atoms with Crippen LogP contribution in [-0.2, 0) is 29.8 Å². The Hall–Kier alpha value is -3.46. The van der Waals surface area contributed by atoms with Crippen molar-refractivity contribution in [2.24, 2.45) is 0 Å². The molecule has 3 aliphatic heterocycles. The van der Waals surface area contributed by atoms with Gasteiger partial charge in [-0.3, -0.25) is 4.90 Å². The van der Waals surface area contributed by atoms with Gasteiger partial charge >= 0.3 is 5.97 Å². The number of aromatic nitrogens is 2. The lowest BCUT2D eigenvalue weighted by Gasteiger charge is -2.33. The summed E-state index contributed by atoms with van der Waals surface area (Å²) in [5.74, 6) is 0.884. The molecule has 1 N–H and O–H groups in total. The molecule has 1 unspecified atom stereocenters. The molecule has 3 aromatic carbocycles. The van der Waals surface area contributed by atoms with Gasteiger partial charge in [-0.15, -0.1) is 0 Å². The predicted octanol–water partition coefficient (Wildman–Crippen LogP) is 6.55. The van der Waals surface area contributed by atoms with Gasteiger partial charge in [-0.2, -0.15) is 0 Å². The third-order valence-corrected chi connectivity index (χ3v) is 9.36. The number of carboxylic acid groups (broad SMARTS) is 1. The first-order chi connectivity index (χ1) is 20.3. The molecular formula is C33H33ClFN3O4. The minimum atomic E-state index is -0.942. The average Bonchev–Trinajstić information content (AvgIpc) is 3.47. The van der Waals surface area contributed by atoms with Crippen molar-refractivity contribution in [2.45, 2.75) is 63.3 Å². The quantitative estimate of drug-likeness (QED) is 0.264. The molecule has 218 valence electrons. The van der Waals surface area contributed by atoms with E-state index >= 15 is 0 Å². The number of hydrogen-bond donors (Lipinski definition) is 1. The maximum atomic E-state index is 14.9. The van der Waals surface area contributed by atoms with Crippen LogP contribution in [0, 0.1) is 5.82 Å². The molecule has 2 fully saturated rings. The molecule has 4 heterocycles. The number of fused-ring (bicyclic) bond motifs is 2. The third kappa shape index (κ3) is 4.95. The van der Waals surface area contributed by atoms with Crippen LogP contribution >= 0.6 is 11.6 Å². The molecule has 0 radical (unpaired) electrons. The molecular weight excluding hydrogens is 557 g/mol. The van der Waals surface area contributed by atoms with E-state index in [9.17, 15) is 14.3 Å². The Labute approximate surface area is 248 Å². The first-order valence-electron chi connectivity index (χ1n) is 14.6. The topological polar surface area (TPSA) is 76.8 Å². The summed E-state index contributed by atoms with van der Waals surface area (Å²) in [5.41, 5.74) is 3.96. The standard InChI is InChI=1S/C33H33ClFN3O4/c1-33(26-7-6-23(34)16-27(26)35)17-22-3-2-4-25(31(22)42-33)20-9-12-37(13-10-20)19-30-36-28-8-5-21(32(39)40)15-29(28)38(30)18-24-11-14-41-24/h2-8,15-16,20,24H,9-14,17-19H2,1H3,(H,39,40)/t24-,33?/m0/s1. The van der Waals surface area contributed by atoms with Crippen LogP contribution in [0.5, 0.6) is 5.75 Å². The number of hydrogen-bond acceptors (Lipinski definition) is 5. The van der Waals surface area contributed by atoms with Crippen molar-refractivity contribution in [3.8, 4) is 5.75 Å². The highest BCUT2D eigenvalue weighted by Crippen LogP contribution is 2.47. The number of piperidine rings is 1. The van der Waals surface area contributed by atoms with Crippen LogP contribution in [0.25, 0.3) is 11.0 Å². The number of nitrogens with zero attached hydrogens (tertiary/aromatic N) is 3. The molecule has 7 rings (SSSR count). The molecule has 2 saturated heterocycles. The van der Waals surface area contributed by atoms with Gasteiger partial charge in [0.05, 0.1) is 35.8 Å². The van der Waals surface area contributed by atoms with Crippen LogP contribution in [0.1, 0.15) is 65.0 Å². The average molecular weight is 590 g/mol. The Balaban J connectivity index is 1.08.